The van der Waals surface area contributed by atoms with E-state index in [4.69, 9.17) is 11.6 Å². The lowest BCUT2D eigenvalue weighted by Crippen LogP contribution is -2.12. The van der Waals surface area contributed by atoms with E-state index in [0.29, 0.717) is 22.6 Å². The van der Waals surface area contributed by atoms with Crippen molar-refractivity contribution in [3.8, 4) is 0 Å². The molecule has 0 atom stereocenters. The topological polar surface area (TPSA) is 59.1 Å². The van der Waals surface area contributed by atoms with Crippen molar-refractivity contribution >= 4 is 40.7 Å². The van der Waals surface area contributed by atoms with E-state index < -0.39 is 0 Å². The standard InChI is InChI=1S/C20H15ClN2O2S/c21-19-17(10-5-11-22-19)23-20(25)15-8-4-9-16(12-15)26-13-18(24)14-6-2-1-3-7-14/h1-12H,13H2,(H,23,25). The molecule has 0 saturated heterocycles. The third-order valence-electron chi connectivity index (χ3n) is 3.57. The minimum atomic E-state index is -0.281. The summed E-state index contributed by atoms with van der Waals surface area (Å²) in [5.74, 6) is 0.0769. The second-order valence-corrected chi connectivity index (χ2v) is 6.81. The Morgan fingerprint density at radius 2 is 1.73 bits per heavy atom. The molecule has 0 aliphatic rings. The molecule has 130 valence electrons. The van der Waals surface area contributed by atoms with Gasteiger partial charge in [0.25, 0.3) is 5.91 Å². The molecule has 1 N–H and O–H groups in total. The Labute approximate surface area is 160 Å². The Morgan fingerprint density at radius 3 is 2.50 bits per heavy atom. The molecule has 26 heavy (non-hydrogen) atoms. The number of pyridine rings is 1. The highest BCUT2D eigenvalue weighted by Crippen LogP contribution is 2.22. The van der Waals surface area contributed by atoms with Crippen LogP contribution in [0.2, 0.25) is 5.15 Å². The Hall–Kier alpha value is -2.63. The second-order valence-electron chi connectivity index (χ2n) is 5.40. The summed E-state index contributed by atoms with van der Waals surface area (Å²) in [6.45, 7) is 0. The number of nitrogens with zero attached hydrogens (tertiary/aromatic N) is 1. The number of carbonyl (C=O) groups is 2. The summed E-state index contributed by atoms with van der Waals surface area (Å²) in [6, 6.07) is 19.7. The Balaban J connectivity index is 1.65. The number of rotatable bonds is 6. The van der Waals surface area contributed by atoms with E-state index in [9.17, 15) is 9.59 Å². The maximum absolute atomic E-state index is 12.4. The van der Waals surface area contributed by atoms with Crippen molar-refractivity contribution in [3.05, 3.63) is 89.2 Å². The number of nitrogens with one attached hydrogen (secondary N) is 1. The first-order valence-electron chi connectivity index (χ1n) is 7.86. The van der Waals surface area contributed by atoms with E-state index in [1.54, 1.807) is 48.7 Å². The fourth-order valence-corrected chi connectivity index (χ4v) is 3.27. The predicted octanol–water partition coefficient (Wildman–Crippen LogP) is 4.96. The van der Waals surface area contributed by atoms with Crippen molar-refractivity contribution in [2.24, 2.45) is 0 Å². The second kappa shape index (κ2) is 8.65. The number of thioether (sulfide) groups is 1. The molecule has 0 radical (unpaired) electrons. The number of aromatic nitrogens is 1. The third-order valence-corrected chi connectivity index (χ3v) is 4.86. The largest absolute Gasteiger partial charge is 0.319 e. The van der Waals surface area contributed by atoms with Gasteiger partial charge in [0.2, 0.25) is 0 Å². The predicted molar refractivity (Wildman–Crippen MR) is 105 cm³/mol. The molecule has 2 aromatic carbocycles. The molecule has 3 rings (SSSR count). The van der Waals surface area contributed by atoms with Gasteiger partial charge >= 0.3 is 0 Å². The number of anilines is 1. The number of amides is 1. The molecule has 6 heteroatoms. The van der Waals surface area contributed by atoms with Crippen LogP contribution < -0.4 is 5.32 Å². The van der Waals surface area contributed by atoms with Crippen molar-refractivity contribution in [2.45, 2.75) is 4.90 Å². The molecule has 1 amide bonds. The molecule has 1 aromatic heterocycles. The average molecular weight is 383 g/mol. The lowest BCUT2D eigenvalue weighted by atomic mass is 10.2. The van der Waals surface area contributed by atoms with Gasteiger partial charge in [0.1, 0.15) is 0 Å². The molecule has 0 fully saturated rings. The summed E-state index contributed by atoms with van der Waals surface area (Å²) in [5.41, 5.74) is 1.62. The fraction of sp³-hybridized carbons (Fsp3) is 0.0500. The van der Waals surface area contributed by atoms with E-state index in [1.807, 2.05) is 24.3 Å². The molecule has 1 heterocycles. The maximum atomic E-state index is 12.4. The molecular formula is C20H15ClN2O2S. The summed E-state index contributed by atoms with van der Waals surface area (Å²) < 4.78 is 0. The first-order valence-corrected chi connectivity index (χ1v) is 9.23. The molecule has 0 spiro atoms. The Kier molecular flexibility index (Phi) is 6.04. The van der Waals surface area contributed by atoms with Crippen LogP contribution in [0.5, 0.6) is 0 Å². The smallest absolute Gasteiger partial charge is 0.255 e. The zero-order valence-corrected chi connectivity index (χ0v) is 15.3. The van der Waals surface area contributed by atoms with Crippen molar-refractivity contribution < 1.29 is 9.59 Å². The summed E-state index contributed by atoms with van der Waals surface area (Å²) in [7, 11) is 0. The van der Waals surface area contributed by atoms with Crippen LogP contribution in [0.4, 0.5) is 5.69 Å². The number of Topliss-reactive ketones (excluding diaryl/α,β-unsaturated/α-hetero) is 1. The van der Waals surface area contributed by atoms with Crippen LogP contribution >= 0.6 is 23.4 Å². The first-order chi connectivity index (χ1) is 12.6. The molecule has 0 bridgehead atoms. The molecule has 3 aromatic rings. The zero-order valence-electron chi connectivity index (χ0n) is 13.7. The van der Waals surface area contributed by atoms with Gasteiger partial charge in [-0.25, -0.2) is 4.98 Å². The average Bonchev–Trinajstić information content (AvgIpc) is 2.69. The zero-order chi connectivity index (χ0) is 18.4. The fourth-order valence-electron chi connectivity index (χ4n) is 2.26. The van der Waals surface area contributed by atoms with E-state index in [1.165, 1.54) is 11.8 Å². The summed E-state index contributed by atoms with van der Waals surface area (Å²) >= 11 is 7.36. The highest BCUT2D eigenvalue weighted by molar-refractivity contribution is 8.00. The molecule has 4 nitrogen and oxygen atoms in total. The van der Waals surface area contributed by atoms with Crippen LogP contribution in [0.3, 0.4) is 0 Å². The van der Waals surface area contributed by atoms with Crippen LogP contribution in [0.1, 0.15) is 20.7 Å². The van der Waals surface area contributed by atoms with E-state index >= 15 is 0 Å². The summed E-state index contributed by atoms with van der Waals surface area (Å²) in [6.07, 6.45) is 1.55. The minimum Gasteiger partial charge on any atom is -0.319 e. The van der Waals surface area contributed by atoms with Crippen LogP contribution in [0, 0.1) is 0 Å². The van der Waals surface area contributed by atoms with Gasteiger partial charge in [-0.1, -0.05) is 48.0 Å². The Bertz CT molecular complexity index is 932. The van der Waals surface area contributed by atoms with Gasteiger partial charge < -0.3 is 5.32 Å². The van der Waals surface area contributed by atoms with Crippen LogP contribution in [-0.2, 0) is 0 Å². The molecule has 0 aliphatic carbocycles. The quantitative estimate of drug-likeness (QED) is 0.372. The lowest BCUT2D eigenvalue weighted by molar-refractivity contribution is 0.101. The van der Waals surface area contributed by atoms with Crippen LogP contribution in [0.25, 0.3) is 0 Å². The van der Waals surface area contributed by atoms with Crippen molar-refractivity contribution in [2.75, 3.05) is 11.1 Å². The van der Waals surface area contributed by atoms with Crippen molar-refractivity contribution in [1.29, 1.82) is 0 Å². The Morgan fingerprint density at radius 1 is 0.962 bits per heavy atom. The highest BCUT2D eigenvalue weighted by atomic mass is 35.5. The summed E-state index contributed by atoms with van der Waals surface area (Å²) in [4.78, 5) is 29.4. The van der Waals surface area contributed by atoms with E-state index in [-0.39, 0.29) is 16.8 Å². The van der Waals surface area contributed by atoms with Crippen LogP contribution in [-0.4, -0.2) is 22.4 Å². The van der Waals surface area contributed by atoms with Gasteiger partial charge in [-0.15, -0.1) is 11.8 Å². The van der Waals surface area contributed by atoms with Gasteiger partial charge in [-0.2, -0.15) is 0 Å². The third kappa shape index (κ3) is 4.71. The van der Waals surface area contributed by atoms with Crippen molar-refractivity contribution in [1.82, 2.24) is 4.98 Å². The van der Waals surface area contributed by atoms with E-state index in [0.717, 1.165) is 4.90 Å². The summed E-state index contributed by atoms with van der Waals surface area (Å²) in [5, 5.41) is 2.97. The van der Waals surface area contributed by atoms with E-state index in [2.05, 4.69) is 10.3 Å². The number of carbonyl (C=O) groups excluding carboxylic acids is 2. The maximum Gasteiger partial charge on any atom is 0.255 e. The molecule has 0 saturated carbocycles. The normalized spacial score (nSPS) is 10.3. The number of benzene rings is 2. The van der Waals surface area contributed by atoms with Gasteiger partial charge in [0.05, 0.1) is 11.4 Å². The highest BCUT2D eigenvalue weighted by Gasteiger charge is 2.11. The molecule has 0 unspecified atom stereocenters. The van der Waals surface area contributed by atoms with Crippen LogP contribution in [0.15, 0.2) is 77.8 Å². The lowest BCUT2D eigenvalue weighted by Gasteiger charge is -2.08. The van der Waals surface area contributed by atoms with Gasteiger partial charge in [0.15, 0.2) is 10.9 Å². The SMILES string of the molecule is O=C(CSc1cccc(C(=O)Nc2cccnc2Cl)c1)c1ccccc1. The van der Waals surface area contributed by atoms with Gasteiger partial charge in [0, 0.05) is 22.2 Å². The number of hydrogen-bond donors (Lipinski definition) is 1. The van der Waals surface area contributed by atoms with Crippen molar-refractivity contribution in [3.63, 3.8) is 0 Å². The van der Waals surface area contributed by atoms with Gasteiger partial charge in [-0.3, -0.25) is 9.59 Å². The first kappa shape index (κ1) is 18.2. The number of ketones is 1. The number of halogens is 1. The minimum absolute atomic E-state index is 0.0487. The number of hydrogen-bond acceptors (Lipinski definition) is 4. The van der Waals surface area contributed by atoms with Gasteiger partial charge in [-0.05, 0) is 30.3 Å². The monoisotopic (exact) mass is 382 g/mol. The molecular weight excluding hydrogens is 368 g/mol. The molecule has 0 aliphatic heterocycles.